The summed E-state index contributed by atoms with van der Waals surface area (Å²) in [6.07, 6.45) is 3.30. The van der Waals surface area contributed by atoms with Crippen LogP contribution in [0.4, 0.5) is 0 Å². The summed E-state index contributed by atoms with van der Waals surface area (Å²) in [6, 6.07) is 0. The number of carbonyl (C=O) groups is 1. The number of carboxylic acids is 1. The molecule has 0 bridgehead atoms. The minimum atomic E-state index is -2.84. The van der Waals surface area contributed by atoms with E-state index in [1.54, 1.807) is 0 Å². The lowest BCUT2D eigenvalue weighted by Crippen LogP contribution is -2.29. The molecule has 1 rings (SSSR count). The molecule has 1 heterocycles. The molecule has 0 aromatic rings. The Hall–Kier alpha value is -0.580. The molecule has 94 valence electrons. The SMILES string of the molecule is CCCC(CC(=O)O)C1CCS(=O)(=O)CC1. The van der Waals surface area contributed by atoms with Gasteiger partial charge >= 0.3 is 5.97 Å². The molecule has 0 aromatic heterocycles. The van der Waals surface area contributed by atoms with Crippen LogP contribution >= 0.6 is 0 Å². The van der Waals surface area contributed by atoms with E-state index in [-0.39, 0.29) is 29.8 Å². The van der Waals surface area contributed by atoms with Gasteiger partial charge in [-0.3, -0.25) is 4.79 Å². The minimum Gasteiger partial charge on any atom is -0.481 e. The number of hydrogen-bond donors (Lipinski definition) is 1. The Balaban J connectivity index is 2.56. The fraction of sp³-hybridized carbons (Fsp3) is 0.909. The van der Waals surface area contributed by atoms with E-state index in [0.29, 0.717) is 12.8 Å². The zero-order valence-electron chi connectivity index (χ0n) is 9.68. The molecule has 1 aliphatic rings. The highest BCUT2D eigenvalue weighted by Crippen LogP contribution is 2.31. The smallest absolute Gasteiger partial charge is 0.303 e. The molecule has 1 aliphatic heterocycles. The van der Waals surface area contributed by atoms with Gasteiger partial charge in [0, 0.05) is 6.42 Å². The molecule has 1 unspecified atom stereocenters. The van der Waals surface area contributed by atoms with Crippen LogP contribution in [-0.4, -0.2) is 31.0 Å². The van der Waals surface area contributed by atoms with Gasteiger partial charge in [0.15, 0.2) is 0 Å². The zero-order chi connectivity index (χ0) is 12.2. The topological polar surface area (TPSA) is 71.4 Å². The number of sulfone groups is 1. The molecule has 0 amide bonds. The van der Waals surface area contributed by atoms with Crippen LogP contribution in [0.5, 0.6) is 0 Å². The highest BCUT2D eigenvalue weighted by Gasteiger charge is 2.30. The van der Waals surface area contributed by atoms with E-state index in [4.69, 9.17) is 5.11 Å². The van der Waals surface area contributed by atoms with Crippen LogP contribution in [0.3, 0.4) is 0 Å². The van der Waals surface area contributed by atoms with Crippen molar-refractivity contribution in [2.75, 3.05) is 11.5 Å². The predicted octanol–water partition coefficient (Wildman–Crippen LogP) is 1.70. The van der Waals surface area contributed by atoms with Gasteiger partial charge in [-0.15, -0.1) is 0 Å². The van der Waals surface area contributed by atoms with Crippen molar-refractivity contribution < 1.29 is 18.3 Å². The summed E-state index contributed by atoms with van der Waals surface area (Å²) in [4.78, 5) is 10.7. The quantitative estimate of drug-likeness (QED) is 0.804. The first kappa shape index (κ1) is 13.5. The van der Waals surface area contributed by atoms with E-state index in [2.05, 4.69) is 0 Å². The monoisotopic (exact) mass is 248 g/mol. The van der Waals surface area contributed by atoms with E-state index >= 15 is 0 Å². The largest absolute Gasteiger partial charge is 0.481 e. The van der Waals surface area contributed by atoms with E-state index in [9.17, 15) is 13.2 Å². The van der Waals surface area contributed by atoms with E-state index in [1.165, 1.54) is 0 Å². The summed E-state index contributed by atoms with van der Waals surface area (Å²) in [7, 11) is -2.84. The number of rotatable bonds is 5. The van der Waals surface area contributed by atoms with Gasteiger partial charge in [0.05, 0.1) is 11.5 Å². The van der Waals surface area contributed by atoms with Crippen LogP contribution in [0.25, 0.3) is 0 Å². The van der Waals surface area contributed by atoms with Gasteiger partial charge in [0.1, 0.15) is 9.84 Å². The molecule has 1 saturated heterocycles. The second kappa shape index (κ2) is 5.66. The summed E-state index contributed by atoms with van der Waals surface area (Å²) < 4.78 is 22.6. The van der Waals surface area contributed by atoms with Gasteiger partial charge in [-0.25, -0.2) is 8.42 Å². The Morgan fingerprint density at radius 2 is 1.94 bits per heavy atom. The molecule has 0 aromatic carbocycles. The Kier molecular flexibility index (Phi) is 4.77. The average molecular weight is 248 g/mol. The lowest BCUT2D eigenvalue weighted by molar-refractivity contribution is -0.138. The van der Waals surface area contributed by atoms with E-state index in [1.807, 2.05) is 6.92 Å². The fourth-order valence-corrected chi connectivity index (χ4v) is 4.01. The summed E-state index contributed by atoms with van der Waals surface area (Å²) in [5.74, 6) is 0.124. The van der Waals surface area contributed by atoms with Crippen LogP contribution in [0, 0.1) is 11.8 Å². The second-order valence-corrected chi connectivity index (χ2v) is 6.94. The molecule has 0 spiro atoms. The van der Waals surface area contributed by atoms with Gasteiger partial charge in [-0.05, 0) is 31.1 Å². The van der Waals surface area contributed by atoms with Crippen molar-refractivity contribution in [2.24, 2.45) is 11.8 Å². The summed E-state index contributed by atoms with van der Waals surface area (Å²) >= 11 is 0. The van der Waals surface area contributed by atoms with Crippen molar-refractivity contribution in [3.63, 3.8) is 0 Å². The first-order valence-corrected chi connectivity index (χ1v) is 7.69. The van der Waals surface area contributed by atoms with Crippen LogP contribution in [0.1, 0.15) is 39.0 Å². The van der Waals surface area contributed by atoms with Crippen LogP contribution in [0.15, 0.2) is 0 Å². The lowest BCUT2D eigenvalue weighted by atomic mass is 9.82. The average Bonchev–Trinajstić information content (AvgIpc) is 2.16. The zero-order valence-corrected chi connectivity index (χ0v) is 10.5. The van der Waals surface area contributed by atoms with Gasteiger partial charge in [0.25, 0.3) is 0 Å². The fourth-order valence-electron chi connectivity index (χ4n) is 2.48. The van der Waals surface area contributed by atoms with Crippen molar-refractivity contribution in [3.05, 3.63) is 0 Å². The maximum atomic E-state index is 11.3. The van der Waals surface area contributed by atoms with Crippen molar-refractivity contribution in [1.29, 1.82) is 0 Å². The predicted molar refractivity (Wildman–Crippen MR) is 62.0 cm³/mol. The number of carboxylic acid groups (broad SMARTS) is 1. The van der Waals surface area contributed by atoms with Gasteiger partial charge in [-0.1, -0.05) is 13.3 Å². The highest BCUT2D eigenvalue weighted by atomic mass is 32.2. The molecule has 0 radical (unpaired) electrons. The molecule has 4 nitrogen and oxygen atoms in total. The normalized spacial score (nSPS) is 22.8. The standard InChI is InChI=1S/C11H20O4S/c1-2-3-10(8-11(12)13)9-4-6-16(14,15)7-5-9/h9-10H,2-8H2,1H3,(H,12,13). The molecule has 1 atom stereocenters. The summed E-state index contributed by atoms with van der Waals surface area (Å²) in [6.45, 7) is 2.04. The first-order chi connectivity index (χ1) is 7.44. The number of hydrogen-bond acceptors (Lipinski definition) is 3. The van der Waals surface area contributed by atoms with Crippen molar-refractivity contribution in [3.8, 4) is 0 Å². The molecule has 16 heavy (non-hydrogen) atoms. The van der Waals surface area contributed by atoms with Crippen molar-refractivity contribution >= 4 is 15.8 Å². The molecule has 5 heteroatoms. The molecular weight excluding hydrogens is 228 g/mol. The third-order valence-corrected chi connectivity index (χ3v) is 5.08. The van der Waals surface area contributed by atoms with Gasteiger partial charge < -0.3 is 5.11 Å². The summed E-state index contributed by atoms with van der Waals surface area (Å²) in [5, 5.41) is 8.83. The molecule has 0 aliphatic carbocycles. The Bertz CT molecular complexity index is 320. The number of aliphatic carboxylic acids is 1. The van der Waals surface area contributed by atoms with E-state index in [0.717, 1.165) is 12.8 Å². The van der Waals surface area contributed by atoms with Gasteiger partial charge in [-0.2, -0.15) is 0 Å². The van der Waals surface area contributed by atoms with Gasteiger partial charge in [0.2, 0.25) is 0 Å². The highest BCUT2D eigenvalue weighted by molar-refractivity contribution is 7.91. The van der Waals surface area contributed by atoms with Crippen LogP contribution in [0.2, 0.25) is 0 Å². The second-order valence-electron chi connectivity index (χ2n) is 4.64. The third-order valence-electron chi connectivity index (χ3n) is 3.36. The van der Waals surface area contributed by atoms with Crippen LogP contribution in [-0.2, 0) is 14.6 Å². The molecule has 1 fully saturated rings. The molecule has 0 saturated carbocycles. The Morgan fingerprint density at radius 1 is 1.38 bits per heavy atom. The van der Waals surface area contributed by atoms with E-state index < -0.39 is 15.8 Å². The molecular formula is C11H20O4S. The molecule has 1 N–H and O–H groups in total. The maximum absolute atomic E-state index is 11.3. The van der Waals surface area contributed by atoms with Crippen molar-refractivity contribution in [1.82, 2.24) is 0 Å². The Labute approximate surface area is 97.0 Å². The maximum Gasteiger partial charge on any atom is 0.303 e. The first-order valence-electron chi connectivity index (χ1n) is 5.87. The Morgan fingerprint density at radius 3 is 2.38 bits per heavy atom. The van der Waals surface area contributed by atoms with Crippen LogP contribution < -0.4 is 0 Å². The van der Waals surface area contributed by atoms with Crippen molar-refractivity contribution in [2.45, 2.75) is 39.0 Å². The summed E-state index contributed by atoms with van der Waals surface area (Å²) in [5.41, 5.74) is 0. The third kappa shape index (κ3) is 4.12. The minimum absolute atomic E-state index is 0.151. The lowest BCUT2D eigenvalue weighted by Gasteiger charge is -2.29.